The van der Waals surface area contributed by atoms with E-state index >= 15 is 0 Å². The van der Waals surface area contributed by atoms with Gasteiger partial charge in [0.2, 0.25) is 0 Å². The molecule has 3 N–H and O–H groups in total. The molecule has 0 saturated heterocycles. The van der Waals surface area contributed by atoms with Gasteiger partial charge in [0, 0.05) is 22.7 Å². The smallest absolute Gasteiger partial charge is 0.150 e. The van der Waals surface area contributed by atoms with Crippen molar-refractivity contribution < 1.29 is 4.74 Å². The Labute approximate surface area is 123 Å². The van der Waals surface area contributed by atoms with Crippen LogP contribution in [0.3, 0.4) is 0 Å². The Kier molecular flexibility index (Phi) is 3.55. The molecular weight excluding hydrogens is 272 g/mol. The summed E-state index contributed by atoms with van der Waals surface area (Å²) in [5, 5.41) is 4.10. The average Bonchev–Trinajstić information content (AvgIpc) is 2.47. The SMILES string of the molecule is Cc1cccc(Cl)c1-c1cccc2c1O[C@@H](CN)CN2. The minimum atomic E-state index is -0.00792. The predicted molar refractivity (Wildman–Crippen MR) is 83.6 cm³/mol. The summed E-state index contributed by atoms with van der Waals surface area (Å²) in [4.78, 5) is 0. The molecule has 104 valence electrons. The Hall–Kier alpha value is -1.71. The van der Waals surface area contributed by atoms with Crippen LogP contribution in [0.15, 0.2) is 36.4 Å². The molecule has 0 spiro atoms. The van der Waals surface area contributed by atoms with Gasteiger partial charge in [-0.3, -0.25) is 0 Å². The first-order chi connectivity index (χ1) is 9.70. The highest BCUT2D eigenvalue weighted by Crippen LogP contribution is 2.42. The van der Waals surface area contributed by atoms with Crippen LogP contribution in [0.2, 0.25) is 5.02 Å². The highest BCUT2D eigenvalue weighted by Gasteiger charge is 2.22. The molecular formula is C16H17ClN2O. The van der Waals surface area contributed by atoms with Crippen molar-refractivity contribution in [3.63, 3.8) is 0 Å². The van der Waals surface area contributed by atoms with Crippen LogP contribution in [0.5, 0.6) is 5.75 Å². The molecule has 0 aliphatic carbocycles. The highest BCUT2D eigenvalue weighted by atomic mass is 35.5. The summed E-state index contributed by atoms with van der Waals surface area (Å²) < 4.78 is 6.03. The molecule has 1 aliphatic rings. The quantitative estimate of drug-likeness (QED) is 0.890. The maximum Gasteiger partial charge on any atom is 0.150 e. The Morgan fingerprint density at radius 2 is 2.10 bits per heavy atom. The lowest BCUT2D eigenvalue weighted by molar-refractivity contribution is 0.215. The fourth-order valence-electron chi connectivity index (χ4n) is 2.54. The lowest BCUT2D eigenvalue weighted by Gasteiger charge is -2.28. The second-order valence-electron chi connectivity index (χ2n) is 4.97. The molecule has 4 heteroatoms. The van der Waals surface area contributed by atoms with Gasteiger partial charge in [-0.25, -0.2) is 0 Å². The number of benzene rings is 2. The van der Waals surface area contributed by atoms with Crippen LogP contribution < -0.4 is 15.8 Å². The maximum absolute atomic E-state index is 6.38. The van der Waals surface area contributed by atoms with Gasteiger partial charge >= 0.3 is 0 Å². The number of anilines is 1. The molecule has 2 aromatic rings. The lowest BCUT2D eigenvalue weighted by atomic mass is 9.98. The van der Waals surface area contributed by atoms with Crippen LogP contribution in [0.1, 0.15) is 5.56 Å². The third-order valence-electron chi connectivity index (χ3n) is 3.57. The van der Waals surface area contributed by atoms with Crippen molar-refractivity contribution in [3.05, 3.63) is 47.0 Å². The van der Waals surface area contributed by atoms with Crippen molar-refractivity contribution in [3.8, 4) is 16.9 Å². The summed E-state index contributed by atoms with van der Waals surface area (Å²) in [5.74, 6) is 0.838. The number of halogens is 1. The fraction of sp³-hybridized carbons (Fsp3) is 0.250. The van der Waals surface area contributed by atoms with Crippen molar-refractivity contribution >= 4 is 17.3 Å². The largest absolute Gasteiger partial charge is 0.484 e. The van der Waals surface area contributed by atoms with Crippen molar-refractivity contribution in [2.24, 2.45) is 5.73 Å². The minimum Gasteiger partial charge on any atom is -0.484 e. The van der Waals surface area contributed by atoms with Crippen LogP contribution in [0.25, 0.3) is 11.1 Å². The molecule has 1 aliphatic heterocycles. The van der Waals surface area contributed by atoms with Gasteiger partial charge < -0.3 is 15.8 Å². The first-order valence-electron chi connectivity index (χ1n) is 6.70. The summed E-state index contributed by atoms with van der Waals surface area (Å²) in [6.45, 7) is 3.27. The Morgan fingerprint density at radius 3 is 2.85 bits per heavy atom. The Morgan fingerprint density at radius 1 is 1.30 bits per heavy atom. The van der Waals surface area contributed by atoms with E-state index in [-0.39, 0.29) is 6.10 Å². The van der Waals surface area contributed by atoms with Gasteiger partial charge in [0.1, 0.15) is 6.10 Å². The van der Waals surface area contributed by atoms with Crippen LogP contribution in [-0.2, 0) is 0 Å². The average molecular weight is 289 g/mol. The standard InChI is InChI=1S/C16H17ClN2O/c1-10-4-2-6-13(17)15(10)12-5-3-7-14-16(12)20-11(8-18)9-19-14/h2-7,11,19H,8-9,18H2,1H3/t11-/m0/s1. The first-order valence-corrected chi connectivity index (χ1v) is 7.07. The molecule has 2 aromatic carbocycles. The number of aryl methyl sites for hydroxylation is 1. The summed E-state index contributed by atoms with van der Waals surface area (Å²) in [6, 6.07) is 12.0. The Balaban J connectivity index is 2.16. The van der Waals surface area contributed by atoms with E-state index in [4.69, 9.17) is 22.1 Å². The van der Waals surface area contributed by atoms with Crippen LogP contribution in [0.4, 0.5) is 5.69 Å². The molecule has 20 heavy (non-hydrogen) atoms. The van der Waals surface area contributed by atoms with E-state index in [0.717, 1.165) is 39.7 Å². The summed E-state index contributed by atoms with van der Waals surface area (Å²) in [5.41, 5.74) is 9.87. The molecule has 0 amide bonds. The van der Waals surface area contributed by atoms with E-state index < -0.39 is 0 Å². The molecule has 0 fully saturated rings. The topological polar surface area (TPSA) is 47.3 Å². The number of fused-ring (bicyclic) bond motifs is 1. The molecule has 1 heterocycles. The first kappa shape index (κ1) is 13.3. The van der Waals surface area contributed by atoms with Crippen LogP contribution >= 0.6 is 11.6 Å². The second-order valence-corrected chi connectivity index (χ2v) is 5.38. The number of ether oxygens (including phenoxy) is 1. The van der Waals surface area contributed by atoms with Gasteiger partial charge in [-0.1, -0.05) is 35.9 Å². The molecule has 0 bridgehead atoms. The van der Waals surface area contributed by atoms with Crippen molar-refractivity contribution in [1.29, 1.82) is 0 Å². The van der Waals surface area contributed by atoms with Crippen molar-refractivity contribution in [1.82, 2.24) is 0 Å². The van der Waals surface area contributed by atoms with E-state index in [9.17, 15) is 0 Å². The van der Waals surface area contributed by atoms with Crippen LogP contribution in [-0.4, -0.2) is 19.2 Å². The molecule has 3 nitrogen and oxygen atoms in total. The fourth-order valence-corrected chi connectivity index (χ4v) is 2.86. The van der Waals surface area contributed by atoms with E-state index in [2.05, 4.69) is 18.3 Å². The van der Waals surface area contributed by atoms with Crippen molar-refractivity contribution in [2.75, 3.05) is 18.4 Å². The van der Waals surface area contributed by atoms with Gasteiger partial charge in [-0.2, -0.15) is 0 Å². The van der Waals surface area contributed by atoms with E-state index in [1.807, 2.05) is 30.3 Å². The monoisotopic (exact) mass is 288 g/mol. The van der Waals surface area contributed by atoms with E-state index in [1.165, 1.54) is 0 Å². The van der Waals surface area contributed by atoms with Gasteiger partial charge in [-0.15, -0.1) is 0 Å². The third kappa shape index (κ3) is 2.23. The lowest BCUT2D eigenvalue weighted by Crippen LogP contribution is -2.37. The number of hydrogen-bond acceptors (Lipinski definition) is 3. The number of para-hydroxylation sites is 1. The van der Waals surface area contributed by atoms with E-state index in [0.29, 0.717) is 6.54 Å². The molecule has 0 radical (unpaired) electrons. The summed E-state index contributed by atoms with van der Waals surface area (Å²) in [6.07, 6.45) is -0.00792. The highest BCUT2D eigenvalue weighted by molar-refractivity contribution is 6.33. The number of nitrogens with two attached hydrogens (primary N) is 1. The molecule has 1 atom stereocenters. The third-order valence-corrected chi connectivity index (χ3v) is 3.89. The van der Waals surface area contributed by atoms with Gasteiger partial charge in [0.25, 0.3) is 0 Å². The zero-order valence-corrected chi connectivity index (χ0v) is 12.1. The van der Waals surface area contributed by atoms with Crippen LogP contribution in [0, 0.1) is 6.92 Å². The zero-order chi connectivity index (χ0) is 14.1. The zero-order valence-electron chi connectivity index (χ0n) is 11.3. The maximum atomic E-state index is 6.38. The van der Waals surface area contributed by atoms with E-state index in [1.54, 1.807) is 0 Å². The van der Waals surface area contributed by atoms with Gasteiger partial charge in [0.05, 0.1) is 12.2 Å². The van der Waals surface area contributed by atoms with Gasteiger partial charge in [0.15, 0.2) is 5.75 Å². The molecule has 0 aromatic heterocycles. The normalized spacial score (nSPS) is 17.1. The van der Waals surface area contributed by atoms with Gasteiger partial charge in [-0.05, 0) is 24.6 Å². The number of rotatable bonds is 2. The molecule has 3 rings (SSSR count). The Bertz CT molecular complexity index is 622. The number of nitrogens with one attached hydrogen (secondary N) is 1. The molecule has 0 unspecified atom stereocenters. The minimum absolute atomic E-state index is 0.00792. The second kappa shape index (κ2) is 5.35. The number of hydrogen-bond donors (Lipinski definition) is 2. The van der Waals surface area contributed by atoms with Crippen molar-refractivity contribution in [2.45, 2.75) is 13.0 Å². The summed E-state index contributed by atoms with van der Waals surface area (Å²) in [7, 11) is 0. The summed E-state index contributed by atoms with van der Waals surface area (Å²) >= 11 is 6.38. The molecule has 0 saturated carbocycles. The predicted octanol–water partition coefficient (Wildman–Crippen LogP) is 3.45.